The molecule has 1 aliphatic carbocycles. The summed E-state index contributed by atoms with van der Waals surface area (Å²) in [6, 6.07) is 0. The van der Waals surface area contributed by atoms with E-state index in [1.807, 2.05) is 12.4 Å². The average molecular weight is 223 g/mol. The third kappa shape index (κ3) is 2.46. The molecule has 0 atom stereocenters. The molecular formula is C12H17NOS. The number of hydrogen-bond donors (Lipinski definition) is 0. The topological polar surface area (TPSA) is 22.1 Å². The second-order valence-corrected chi connectivity index (χ2v) is 5.05. The molecule has 1 heterocycles. The van der Waals surface area contributed by atoms with E-state index < -0.39 is 0 Å². The van der Waals surface area contributed by atoms with Gasteiger partial charge in [-0.1, -0.05) is 13.8 Å². The third-order valence-electron chi connectivity index (χ3n) is 2.54. The Morgan fingerprint density at radius 2 is 2.13 bits per heavy atom. The van der Waals surface area contributed by atoms with Crippen molar-refractivity contribution in [2.75, 3.05) is 6.26 Å². The van der Waals surface area contributed by atoms with Crippen molar-refractivity contribution in [2.45, 2.75) is 43.6 Å². The minimum Gasteiger partial charge on any atom is -0.488 e. The van der Waals surface area contributed by atoms with Gasteiger partial charge in [-0.3, -0.25) is 4.98 Å². The molecule has 1 aliphatic rings. The summed E-state index contributed by atoms with van der Waals surface area (Å²) in [5.74, 6) is 1.47. The Bertz CT molecular complexity index is 347. The zero-order chi connectivity index (χ0) is 10.8. The molecule has 2 rings (SSSR count). The molecular weight excluding hydrogens is 206 g/mol. The lowest BCUT2D eigenvalue weighted by molar-refractivity contribution is 0.294. The summed E-state index contributed by atoms with van der Waals surface area (Å²) in [5, 5.41) is 0. The predicted octanol–water partition coefficient (Wildman–Crippen LogP) is 3.47. The van der Waals surface area contributed by atoms with Gasteiger partial charge >= 0.3 is 0 Å². The monoisotopic (exact) mass is 223 g/mol. The first-order valence-electron chi connectivity index (χ1n) is 5.41. The van der Waals surface area contributed by atoms with Gasteiger partial charge in [0.25, 0.3) is 0 Å². The lowest BCUT2D eigenvalue weighted by Crippen LogP contribution is -2.01. The fourth-order valence-electron chi connectivity index (χ4n) is 1.52. The fraction of sp³-hybridized carbons (Fsp3) is 0.583. The maximum atomic E-state index is 5.85. The van der Waals surface area contributed by atoms with Gasteiger partial charge in [-0.05, 0) is 30.6 Å². The third-order valence-corrected chi connectivity index (χ3v) is 3.38. The Morgan fingerprint density at radius 1 is 1.40 bits per heavy atom. The molecule has 0 radical (unpaired) electrons. The molecule has 0 spiro atoms. The maximum Gasteiger partial charge on any atom is 0.151 e. The van der Waals surface area contributed by atoms with Crippen LogP contribution < -0.4 is 4.74 Å². The first-order valence-corrected chi connectivity index (χ1v) is 6.63. The van der Waals surface area contributed by atoms with E-state index in [0.717, 1.165) is 5.75 Å². The number of aromatic nitrogens is 1. The van der Waals surface area contributed by atoms with Crippen molar-refractivity contribution >= 4 is 11.8 Å². The molecule has 0 aromatic carbocycles. The van der Waals surface area contributed by atoms with E-state index in [0.29, 0.717) is 12.0 Å². The molecule has 0 bridgehead atoms. The van der Waals surface area contributed by atoms with E-state index in [9.17, 15) is 0 Å². The summed E-state index contributed by atoms with van der Waals surface area (Å²) in [5.41, 5.74) is 1.29. The van der Waals surface area contributed by atoms with Crippen LogP contribution >= 0.6 is 11.8 Å². The molecule has 1 aromatic rings. The Hall–Kier alpha value is -0.700. The molecule has 1 saturated carbocycles. The Labute approximate surface area is 95.4 Å². The van der Waals surface area contributed by atoms with E-state index >= 15 is 0 Å². The normalized spacial score (nSPS) is 15.7. The van der Waals surface area contributed by atoms with Crippen LogP contribution in [-0.4, -0.2) is 17.3 Å². The van der Waals surface area contributed by atoms with Crippen LogP contribution in [-0.2, 0) is 0 Å². The molecule has 1 fully saturated rings. The van der Waals surface area contributed by atoms with Gasteiger partial charge in [-0.15, -0.1) is 11.8 Å². The Morgan fingerprint density at radius 3 is 2.67 bits per heavy atom. The summed E-state index contributed by atoms with van der Waals surface area (Å²) in [6.07, 6.45) is 8.73. The predicted molar refractivity (Wildman–Crippen MR) is 63.8 cm³/mol. The van der Waals surface area contributed by atoms with Crippen LogP contribution in [0, 0.1) is 0 Å². The van der Waals surface area contributed by atoms with Crippen LogP contribution in [0.25, 0.3) is 0 Å². The van der Waals surface area contributed by atoms with Crippen LogP contribution in [0.3, 0.4) is 0 Å². The van der Waals surface area contributed by atoms with E-state index in [4.69, 9.17) is 4.74 Å². The van der Waals surface area contributed by atoms with Crippen molar-refractivity contribution in [1.29, 1.82) is 0 Å². The molecule has 0 aliphatic heterocycles. The van der Waals surface area contributed by atoms with Gasteiger partial charge in [0.15, 0.2) is 5.75 Å². The number of nitrogens with zero attached hydrogens (tertiary/aromatic N) is 1. The van der Waals surface area contributed by atoms with Gasteiger partial charge in [-0.2, -0.15) is 0 Å². The smallest absolute Gasteiger partial charge is 0.151 e. The van der Waals surface area contributed by atoms with Gasteiger partial charge in [-0.25, -0.2) is 0 Å². The average Bonchev–Trinajstić information content (AvgIpc) is 3.01. The first kappa shape index (κ1) is 10.8. The van der Waals surface area contributed by atoms with E-state index in [1.54, 1.807) is 11.8 Å². The molecule has 15 heavy (non-hydrogen) atoms. The highest BCUT2D eigenvalue weighted by Crippen LogP contribution is 2.37. The number of rotatable bonds is 4. The standard InChI is InChI=1S/C12H17NOS/c1-8(2)10-6-13-7-11(12(10)15-3)14-9-4-5-9/h6-9H,4-5H2,1-3H3. The maximum absolute atomic E-state index is 5.85. The number of hydrogen-bond acceptors (Lipinski definition) is 3. The zero-order valence-corrected chi connectivity index (χ0v) is 10.3. The Balaban J connectivity index is 2.30. The van der Waals surface area contributed by atoms with Crippen LogP contribution in [0.1, 0.15) is 38.2 Å². The summed E-state index contributed by atoms with van der Waals surface area (Å²) < 4.78 is 5.85. The van der Waals surface area contributed by atoms with E-state index in [2.05, 4.69) is 25.1 Å². The highest BCUT2D eigenvalue weighted by Gasteiger charge is 2.25. The summed E-state index contributed by atoms with van der Waals surface area (Å²) in [4.78, 5) is 5.51. The second kappa shape index (κ2) is 4.44. The van der Waals surface area contributed by atoms with E-state index in [1.165, 1.54) is 23.3 Å². The van der Waals surface area contributed by atoms with Gasteiger partial charge in [0, 0.05) is 6.20 Å². The van der Waals surface area contributed by atoms with Crippen molar-refractivity contribution in [2.24, 2.45) is 0 Å². The molecule has 0 amide bonds. The Kier molecular flexibility index (Phi) is 3.19. The number of thioether (sulfide) groups is 1. The number of pyridine rings is 1. The van der Waals surface area contributed by atoms with E-state index in [-0.39, 0.29) is 0 Å². The molecule has 0 unspecified atom stereocenters. The zero-order valence-electron chi connectivity index (χ0n) is 9.49. The van der Waals surface area contributed by atoms with Crippen LogP contribution in [0.4, 0.5) is 0 Å². The van der Waals surface area contributed by atoms with Crippen LogP contribution in [0.2, 0.25) is 0 Å². The minimum atomic E-state index is 0.445. The largest absolute Gasteiger partial charge is 0.488 e. The molecule has 82 valence electrons. The molecule has 0 N–H and O–H groups in total. The minimum absolute atomic E-state index is 0.445. The molecule has 3 heteroatoms. The van der Waals surface area contributed by atoms with Gasteiger partial charge < -0.3 is 4.74 Å². The van der Waals surface area contributed by atoms with Gasteiger partial charge in [0.05, 0.1) is 17.2 Å². The molecule has 1 aromatic heterocycles. The van der Waals surface area contributed by atoms with Crippen molar-refractivity contribution in [1.82, 2.24) is 4.98 Å². The van der Waals surface area contributed by atoms with Gasteiger partial charge in [0.2, 0.25) is 0 Å². The van der Waals surface area contributed by atoms with Crippen molar-refractivity contribution < 1.29 is 4.74 Å². The highest BCUT2D eigenvalue weighted by molar-refractivity contribution is 7.98. The number of ether oxygens (including phenoxy) is 1. The first-order chi connectivity index (χ1) is 7.22. The molecule has 0 saturated heterocycles. The van der Waals surface area contributed by atoms with Crippen LogP contribution in [0.5, 0.6) is 5.75 Å². The van der Waals surface area contributed by atoms with Crippen LogP contribution in [0.15, 0.2) is 17.3 Å². The lowest BCUT2D eigenvalue weighted by atomic mass is 10.1. The van der Waals surface area contributed by atoms with Crippen molar-refractivity contribution in [3.63, 3.8) is 0 Å². The summed E-state index contributed by atoms with van der Waals surface area (Å²) in [6.45, 7) is 4.38. The second-order valence-electron chi connectivity index (χ2n) is 4.23. The summed E-state index contributed by atoms with van der Waals surface area (Å²) in [7, 11) is 0. The molecule has 2 nitrogen and oxygen atoms in total. The highest BCUT2D eigenvalue weighted by atomic mass is 32.2. The summed E-state index contributed by atoms with van der Waals surface area (Å²) >= 11 is 1.76. The lowest BCUT2D eigenvalue weighted by Gasteiger charge is -2.14. The quantitative estimate of drug-likeness (QED) is 0.730. The van der Waals surface area contributed by atoms with Gasteiger partial charge in [0.1, 0.15) is 0 Å². The SMILES string of the molecule is CSc1c(OC2CC2)cncc1C(C)C. The fourth-order valence-corrected chi connectivity index (χ4v) is 2.35. The van der Waals surface area contributed by atoms with Crippen molar-refractivity contribution in [3.05, 3.63) is 18.0 Å². The van der Waals surface area contributed by atoms with Crippen molar-refractivity contribution in [3.8, 4) is 5.75 Å².